The van der Waals surface area contributed by atoms with Gasteiger partial charge in [0.05, 0.1) is 6.26 Å². The molecule has 3 fully saturated rings. The van der Waals surface area contributed by atoms with Gasteiger partial charge in [0.25, 0.3) is 0 Å². The average Bonchev–Trinajstić information content (AvgIpc) is 3.01. The minimum absolute atomic E-state index is 0.0480. The second kappa shape index (κ2) is 6.71. The van der Waals surface area contributed by atoms with Gasteiger partial charge in [-0.25, -0.2) is 13.4 Å². The lowest BCUT2D eigenvalue weighted by Gasteiger charge is -2.39. The van der Waals surface area contributed by atoms with Crippen LogP contribution in [0.25, 0.3) is 0 Å². The average molecular weight is 433 g/mol. The van der Waals surface area contributed by atoms with Crippen LogP contribution in [0.1, 0.15) is 25.5 Å². The Morgan fingerprint density at radius 2 is 1.93 bits per heavy atom. The number of hydrogen-bond donors (Lipinski definition) is 1. The van der Waals surface area contributed by atoms with Gasteiger partial charge in [-0.15, -0.1) is 0 Å². The summed E-state index contributed by atoms with van der Waals surface area (Å²) in [5, 5.41) is 0. The van der Waals surface area contributed by atoms with Crippen molar-refractivity contribution in [2.45, 2.75) is 32.0 Å². The highest BCUT2D eigenvalue weighted by Crippen LogP contribution is 2.54. The van der Waals surface area contributed by atoms with Gasteiger partial charge in [-0.05, 0) is 31.1 Å². The molecule has 0 bridgehead atoms. The molecule has 1 amide bonds. The first-order valence-corrected chi connectivity index (χ1v) is 11.3. The number of sulfonamides is 1. The van der Waals surface area contributed by atoms with Crippen molar-refractivity contribution in [2.24, 2.45) is 17.8 Å². The van der Waals surface area contributed by atoms with Crippen molar-refractivity contribution in [1.82, 2.24) is 14.7 Å². The summed E-state index contributed by atoms with van der Waals surface area (Å²) in [5.41, 5.74) is -0.957. The van der Waals surface area contributed by atoms with Crippen molar-refractivity contribution < 1.29 is 26.4 Å². The zero-order valence-corrected chi connectivity index (χ0v) is 16.8. The van der Waals surface area contributed by atoms with Crippen LogP contribution in [0, 0.1) is 17.8 Å². The Morgan fingerprint density at radius 1 is 1.28 bits per heavy atom. The summed E-state index contributed by atoms with van der Waals surface area (Å²) in [6.07, 6.45) is -2.65. The molecule has 8 nitrogen and oxygen atoms in total. The Hall–Kier alpha value is -2.11. The lowest BCUT2D eigenvalue weighted by atomic mass is 10.1. The smallest absolute Gasteiger partial charge is 0.356 e. The van der Waals surface area contributed by atoms with E-state index < -0.39 is 27.8 Å². The molecule has 0 radical (unpaired) electrons. The van der Waals surface area contributed by atoms with E-state index in [0.29, 0.717) is 19.6 Å². The Labute approximate surface area is 166 Å². The number of hydrogen-bond acceptors (Lipinski definition) is 7. The minimum Gasteiger partial charge on any atom is -0.356 e. The summed E-state index contributed by atoms with van der Waals surface area (Å²) in [6.45, 7) is 3.53. The summed E-state index contributed by atoms with van der Waals surface area (Å²) in [5.74, 6) is 0.138. The first-order valence-electron chi connectivity index (χ1n) is 9.41. The quantitative estimate of drug-likeness (QED) is 0.747. The predicted molar refractivity (Wildman–Crippen MR) is 98.7 cm³/mol. The monoisotopic (exact) mass is 433 g/mol. The summed E-state index contributed by atoms with van der Waals surface area (Å²) in [6, 6.07) is 1.08. The molecule has 2 saturated heterocycles. The molecule has 1 aromatic heterocycles. The molecule has 0 unspecified atom stereocenters. The number of halogens is 3. The molecule has 1 aliphatic carbocycles. The van der Waals surface area contributed by atoms with Gasteiger partial charge in [0, 0.05) is 38.2 Å². The standard InChI is InChI=1S/C17H22F3N5O3S/c1-9-3-4-25(9)16-21-13(17(18,19)20)6-14(22-16)24-7-11-10(12(11)8-24)5-15(26)23-29(2,27)28/h6,9-12H,3-5,7-8H2,1-2H3,(H,23,26)/t9-,10-,11-,12+/m0/s1. The molecule has 1 saturated carbocycles. The van der Waals surface area contributed by atoms with E-state index in [9.17, 15) is 26.4 Å². The summed E-state index contributed by atoms with van der Waals surface area (Å²) in [4.78, 5) is 23.4. The van der Waals surface area contributed by atoms with Gasteiger partial charge in [0.2, 0.25) is 21.9 Å². The molecule has 4 rings (SSSR count). The van der Waals surface area contributed by atoms with Gasteiger partial charge >= 0.3 is 6.18 Å². The fourth-order valence-corrected chi connectivity index (χ4v) is 4.77. The zero-order chi connectivity index (χ0) is 21.1. The van der Waals surface area contributed by atoms with Crippen LogP contribution in [0.15, 0.2) is 6.07 Å². The molecule has 0 spiro atoms. The van der Waals surface area contributed by atoms with Crippen molar-refractivity contribution in [3.05, 3.63) is 11.8 Å². The summed E-state index contributed by atoms with van der Waals surface area (Å²) in [7, 11) is -3.59. The molecule has 4 atom stereocenters. The number of piperidine rings is 1. The largest absolute Gasteiger partial charge is 0.433 e. The Bertz CT molecular complexity index is 927. The van der Waals surface area contributed by atoms with E-state index in [1.165, 1.54) is 0 Å². The van der Waals surface area contributed by atoms with E-state index >= 15 is 0 Å². The molecule has 1 aromatic rings. The third-order valence-electron chi connectivity index (χ3n) is 5.98. The molecular formula is C17H22F3N5O3S. The molecule has 3 heterocycles. The second-order valence-electron chi connectivity index (χ2n) is 8.14. The van der Waals surface area contributed by atoms with Gasteiger partial charge in [-0.1, -0.05) is 0 Å². The van der Waals surface area contributed by atoms with Crippen molar-refractivity contribution in [2.75, 3.05) is 35.7 Å². The van der Waals surface area contributed by atoms with Crippen LogP contribution in [0.4, 0.5) is 24.9 Å². The minimum atomic E-state index is -4.56. The second-order valence-corrected chi connectivity index (χ2v) is 9.89. The molecule has 160 valence electrons. The fourth-order valence-electron chi connectivity index (χ4n) is 4.27. The maximum atomic E-state index is 13.3. The number of anilines is 2. The van der Waals surface area contributed by atoms with Crippen LogP contribution in [-0.4, -0.2) is 56.2 Å². The van der Waals surface area contributed by atoms with E-state index in [1.807, 2.05) is 11.6 Å². The van der Waals surface area contributed by atoms with Gasteiger partial charge in [0.1, 0.15) is 5.82 Å². The highest BCUT2D eigenvalue weighted by atomic mass is 32.2. The van der Waals surface area contributed by atoms with E-state index in [2.05, 4.69) is 9.97 Å². The Morgan fingerprint density at radius 3 is 2.41 bits per heavy atom. The molecule has 12 heteroatoms. The van der Waals surface area contributed by atoms with E-state index in [1.54, 1.807) is 9.80 Å². The number of amides is 1. The predicted octanol–water partition coefficient (Wildman–Crippen LogP) is 1.24. The first-order chi connectivity index (χ1) is 13.4. The number of rotatable bonds is 5. The number of carbonyl (C=O) groups excluding carboxylic acids is 1. The molecule has 0 aromatic carbocycles. The van der Waals surface area contributed by atoms with E-state index in [-0.39, 0.29) is 42.0 Å². The molecular weight excluding hydrogens is 411 g/mol. The maximum Gasteiger partial charge on any atom is 0.433 e. The van der Waals surface area contributed by atoms with Crippen molar-refractivity contribution in [1.29, 1.82) is 0 Å². The van der Waals surface area contributed by atoms with Crippen molar-refractivity contribution in [3.63, 3.8) is 0 Å². The van der Waals surface area contributed by atoms with Crippen LogP contribution < -0.4 is 14.5 Å². The Balaban J connectivity index is 1.45. The molecule has 2 aliphatic heterocycles. The summed E-state index contributed by atoms with van der Waals surface area (Å²) >= 11 is 0. The lowest BCUT2D eigenvalue weighted by Crippen LogP contribution is -2.47. The van der Waals surface area contributed by atoms with Crippen LogP contribution >= 0.6 is 0 Å². The van der Waals surface area contributed by atoms with Crippen LogP contribution in [0.2, 0.25) is 0 Å². The van der Waals surface area contributed by atoms with Gasteiger partial charge in [-0.3, -0.25) is 9.52 Å². The first kappa shape index (κ1) is 20.2. The lowest BCUT2D eigenvalue weighted by molar-refractivity contribution is -0.141. The molecule has 29 heavy (non-hydrogen) atoms. The number of nitrogens with zero attached hydrogens (tertiary/aromatic N) is 4. The van der Waals surface area contributed by atoms with E-state index in [4.69, 9.17) is 0 Å². The van der Waals surface area contributed by atoms with Crippen LogP contribution in [0.3, 0.4) is 0 Å². The fraction of sp³-hybridized carbons (Fsp3) is 0.706. The Kier molecular flexibility index (Phi) is 4.67. The highest BCUT2D eigenvalue weighted by molar-refractivity contribution is 7.89. The summed E-state index contributed by atoms with van der Waals surface area (Å²) < 4.78 is 64.2. The van der Waals surface area contributed by atoms with Crippen molar-refractivity contribution in [3.8, 4) is 0 Å². The number of carbonyl (C=O) groups is 1. The molecule has 1 N–H and O–H groups in total. The highest BCUT2D eigenvalue weighted by Gasteiger charge is 2.56. The number of fused-ring (bicyclic) bond motifs is 1. The topological polar surface area (TPSA) is 95.5 Å². The van der Waals surface area contributed by atoms with Gasteiger partial charge in [0.15, 0.2) is 5.69 Å². The van der Waals surface area contributed by atoms with E-state index in [0.717, 1.165) is 18.7 Å². The van der Waals surface area contributed by atoms with Gasteiger partial charge in [-0.2, -0.15) is 18.2 Å². The SMILES string of the molecule is C[C@H]1CCN1c1nc(N2C[C@@H]3[C@@H](CC(=O)NS(C)(=O)=O)[C@@H]3C2)cc(C(F)(F)F)n1. The number of aromatic nitrogens is 2. The number of alkyl halides is 3. The third kappa shape index (κ3) is 4.12. The normalized spacial score (nSPS) is 28.7. The molecule has 3 aliphatic rings. The number of nitrogens with one attached hydrogen (secondary N) is 1. The third-order valence-corrected chi connectivity index (χ3v) is 6.58. The van der Waals surface area contributed by atoms with Crippen LogP contribution in [0.5, 0.6) is 0 Å². The van der Waals surface area contributed by atoms with Crippen molar-refractivity contribution >= 4 is 27.7 Å². The van der Waals surface area contributed by atoms with Gasteiger partial charge < -0.3 is 9.80 Å². The zero-order valence-electron chi connectivity index (χ0n) is 16.0. The maximum absolute atomic E-state index is 13.3. The van der Waals surface area contributed by atoms with Crippen LogP contribution in [-0.2, 0) is 21.0 Å².